The standard InChI is InChI=1S/C22H27F3N4O4/c23-22(24,25)21(32)28-18(26)14-6-8-15(9-7-14)19(30)27-12-17-13-33-11-10-29(17)20(31)16-4-2-1-3-5-16/h6-9,16-17H,1-5,10-13H2,(H,27,30)(H2,26,28,32). The third-order valence-corrected chi connectivity index (χ3v) is 5.87. The van der Waals surface area contributed by atoms with Gasteiger partial charge < -0.3 is 20.7 Å². The van der Waals surface area contributed by atoms with Crippen molar-refractivity contribution >= 4 is 23.6 Å². The zero-order valence-corrected chi connectivity index (χ0v) is 18.1. The molecule has 1 atom stereocenters. The van der Waals surface area contributed by atoms with Gasteiger partial charge in [0.1, 0.15) is 5.84 Å². The monoisotopic (exact) mass is 468 g/mol. The van der Waals surface area contributed by atoms with Crippen LogP contribution in [0.15, 0.2) is 29.3 Å². The third-order valence-electron chi connectivity index (χ3n) is 5.87. The van der Waals surface area contributed by atoms with Gasteiger partial charge in [-0.3, -0.25) is 14.4 Å². The Morgan fingerprint density at radius 2 is 1.73 bits per heavy atom. The van der Waals surface area contributed by atoms with E-state index < -0.39 is 23.8 Å². The smallest absolute Gasteiger partial charge is 0.383 e. The first-order valence-electron chi connectivity index (χ1n) is 10.9. The number of benzene rings is 1. The number of nitrogens with two attached hydrogens (primary N) is 1. The summed E-state index contributed by atoms with van der Waals surface area (Å²) in [6.07, 6.45) is -0.0679. The van der Waals surface area contributed by atoms with Gasteiger partial charge in [0.15, 0.2) is 0 Å². The summed E-state index contributed by atoms with van der Waals surface area (Å²) in [5.74, 6) is -3.17. The number of nitrogens with one attached hydrogen (secondary N) is 1. The van der Waals surface area contributed by atoms with Gasteiger partial charge in [0.25, 0.3) is 5.91 Å². The van der Waals surface area contributed by atoms with E-state index in [0.717, 1.165) is 32.1 Å². The summed E-state index contributed by atoms with van der Waals surface area (Å²) in [5.41, 5.74) is 5.78. The lowest BCUT2D eigenvalue weighted by Gasteiger charge is -2.38. The molecule has 1 aromatic rings. The van der Waals surface area contributed by atoms with Crippen LogP contribution in [0.25, 0.3) is 0 Å². The van der Waals surface area contributed by atoms with Crippen LogP contribution in [0.3, 0.4) is 0 Å². The molecule has 1 aliphatic carbocycles. The van der Waals surface area contributed by atoms with Gasteiger partial charge in [-0.15, -0.1) is 0 Å². The van der Waals surface area contributed by atoms with Crippen LogP contribution >= 0.6 is 0 Å². The molecule has 0 spiro atoms. The average molecular weight is 468 g/mol. The molecule has 0 radical (unpaired) electrons. The molecule has 1 aliphatic heterocycles. The lowest BCUT2D eigenvalue weighted by atomic mass is 9.88. The molecule has 2 aliphatic rings. The van der Waals surface area contributed by atoms with Gasteiger partial charge >= 0.3 is 12.1 Å². The van der Waals surface area contributed by atoms with E-state index in [2.05, 4.69) is 10.3 Å². The summed E-state index contributed by atoms with van der Waals surface area (Å²) in [6, 6.07) is 5.08. The highest BCUT2D eigenvalue weighted by Gasteiger charge is 2.39. The van der Waals surface area contributed by atoms with Crippen LogP contribution in [0.1, 0.15) is 48.0 Å². The first-order valence-corrected chi connectivity index (χ1v) is 10.9. The number of carbonyl (C=O) groups excluding carboxylic acids is 3. The van der Waals surface area contributed by atoms with Crippen LogP contribution < -0.4 is 11.1 Å². The zero-order valence-electron chi connectivity index (χ0n) is 18.1. The number of nitrogens with zero attached hydrogens (tertiary/aromatic N) is 2. The van der Waals surface area contributed by atoms with E-state index in [4.69, 9.17) is 10.5 Å². The van der Waals surface area contributed by atoms with Crippen molar-refractivity contribution in [3.05, 3.63) is 35.4 Å². The molecule has 33 heavy (non-hydrogen) atoms. The fourth-order valence-corrected chi connectivity index (χ4v) is 4.04. The summed E-state index contributed by atoms with van der Waals surface area (Å²) in [6.45, 7) is 1.49. The van der Waals surface area contributed by atoms with Gasteiger partial charge in [-0.2, -0.15) is 18.2 Å². The maximum Gasteiger partial charge on any atom is 0.473 e. The van der Waals surface area contributed by atoms with Gasteiger partial charge in [-0.05, 0) is 25.0 Å². The summed E-state index contributed by atoms with van der Waals surface area (Å²) in [7, 11) is 0. The Morgan fingerprint density at radius 1 is 1.09 bits per heavy atom. The fourth-order valence-electron chi connectivity index (χ4n) is 4.04. The number of alkyl halides is 3. The minimum atomic E-state index is -5.11. The molecule has 11 heteroatoms. The number of aliphatic imine (C=N–C) groups is 1. The number of hydrogen-bond acceptors (Lipinski definition) is 4. The van der Waals surface area contributed by atoms with E-state index in [0.29, 0.717) is 19.8 Å². The van der Waals surface area contributed by atoms with Crippen LogP contribution in [-0.2, 0) is 14.3 Å². The molecule has 3 N–H and O–H groups in total. The van der Waals surface area contributed by atoms with E-state index in [1.807, 2.05) is 0 Å². The molecule has 3 amide bonds. The largest absolute Gasteiger partial charge is 0.473 e. The number of amidine groups is 1. The van der Waals surface area contributed by atoms with Crippen molar-refractivity contribution in [1.82, 2.24) is 10.2 Å². The van der Waals surface area contributed by atoms with Crippen molar-refractivity contribution < 1.29 is 32.3 Å². The Hall–Kier alpha value is -2.95. The van der Waals surface area contributed by atoms with Crippen LogP contribution in [0.4, 0.5) is 13.2 Å². The van der Waals surface area contributed by atoms with E-state index >= 15 is 0 Å². The number of carbonyl (C=O) groups is 3. The fraction of sp³-hybridized carbons (Fsp3) is 0.545. The topological polar surface area (TPSA) is 114 Å². The number of halogens is 3. The molecule has 3 rings (SSSR count). The maximum atomic E-state index is 13.0. The summed E-state index contributed by atoms with van der Waals surface area (Å²) >= 11 is 0. The molecular weight excluding hydrogens is 441 g/mol. The zero-order chi connectivity index (χ0) is 24.0. The SMILES string of the molecule is NC(=NC(=O)C(F)(F)F)c1ccc(C(=O)NCC2COCCN2C(=O)C2CCCCC2)cc1. The average Bonchev–Trinajstić information content (AvgIpc) is 2.82. The lowest BCUT2D eigenvalue weighted by molar-refractivity contribution is -0.169. The Bertz CT molecular complexity index is 896. The Balaban J connectivity index is 1.58. The van der Waals surface area contributed by atoms with Crippen molar-refractivity contribution in [3.63, 3.8) is 0 Å². The lowest BCUT2D eigenvalue weighted by Crippen LogP contribution is -2.55. The number of hydrogen-bond donors (Lipinski definition) is 2. The highest BCUT2D eigenvalue weighted by Crippen LogP contribution is 2.26. The molecule has 1 saturated carbocycles. The molecule has 1 saturated heterocycles. The van der Waals surface area contributed by atoms with Crippen LogP contribution in [0.2, 0.25) is 0 Å². The second kappa shape index (κ2) is 10.8. The number of morpholine rings is 1. The number of ether oxygens (including phenoxy) is 1. The second-order valence-corrected chi connectivity index (χ2v) is 8.18. The van der Waals surface area contributed by atoms with Crippen molar-refractivity contribution in [2.24, 2.45) is 16.6 Å². The Kier molecular flexibility index (Phi) is 8.06. The molecule has 0 aromatic heterocycles. The maximum absolute atomic E-state index is 13.0. The first-order chi connectivity index (χ1) is 15.7. The predicted molar refractivity (Wildman–Crippen MR) is 113 cm³/mol. The second-order valence-electron chi connectivity index (χ2n) is 8.18. The van der Waals surface area contributed by atoms with Gasteiger partial charge in [0.2, 0.25) is 5.91 Å². The van der Waals surface area contributed by atoms with Crippen molar-refractivity contribution in [3.8, 4) is 0 Å². The molecule has 1 heterocycles. The van der Waals surface area contributed by atoms with Gasteiger partial charge in [0, 0.05) is 30.1 Å². The number of amides is 3. The van der Waals surface area contributed by atoms with E-state index in [1.165, 1.54) is 24.3 Å². The minimum Gasteiger partial charge on any atom is -0.383 e. The van der Waals surface area contributed by atoms with Gasteiger partial charge in [0.05, 0.1) is 19.3 Å². The quantitative estimate of drug-likeness (QED) is 0.507. The molecule has 0 bridgehead atoms. The highest BCUT2D eigenvalue weighted by atomic mass is 19.4. The van der Waals surface area contributed by atoms with Gasteiger partial charge in [-0.25, -0.2) is 0 Å². The van der Waals surface area contributed by atoms with Crippen LogP contribution in [0, 0.1) is 5.92 Å². The molecule has 1 aromatic carbocycles. The third kappa shape index (κ3) is 6.53. The number of rotatable bonds is 5. The molecule has 8 nitrogen and oxygen atoms in total. The van der Waals surface area contributed by atoms with E-state index in [1.54, 1.807) is 4.90 Å². The first kappa shape index (κ1) is 24.7. The Labute approximate surface area is 189 Å². The van der Waals surface area contributed by atoms with Crippen LogP contribution in [-0.4, -0.2) is 67.0 Å². The predicted octanol–water partition coefficient (Wildman–Crippen LogP) is 2.02. The molecular formula is C22H27F3N4O4. The van der Waals surface area contributed by atoms with Gasteiger partial charge in [-0.1, -0.05) is 31.4 Å². The van der Waals surface area contributed by atoms with Crippen molar-refractivity contribution in [2.45, 2.75) is 44.3 Å². The Morgan fingerprint density at radius 3 is 2.36 bits per heavy atom. The highest BCUT2D eigenvalue weighted by molar-refractivity contribution is 6.05. The van der Waals surface area contributed by atoms with E-state index in [9.17, 15) is 27.6 Å². The van der Waals surface area contributed by atoms with Crippen molar-refractivity contribution in [2.75, 3.05) is 26.3 Å². The molecule has 2 fully saturated rings. The van der Waals surface area contributed by atoms with E-state index in [-0.39, 0.29) is 35.5 Å². The summed E-state index contributed by atoms with van der Waals surface area (Å²) in [4.78, 5) is 41.1. The molecule has 1 unspecified atom stereocenters. The molecule has 180 valence electrons. The van der Waals surface area contributed by atoms with Crippen molar-refractivity contribution in [1.29, 1.82) is 0 Å². The van der Waals surface area contributed by atoms with Crippen LogP contribution in [0.5, 0.6) is 0 Å². The summed E-state index contributed by atoms with van der Waals surface area (Å²) < 4.78 is 42.5. The minimum absolute atomic E-state index is 0.0268. The summed E-state index contributed by atoms with van der Waals surface area (Å²) in [5, 5.41) is 2.78. The normalized spacial score (nSPS) is 20.4.